The van der Waals surface area contributed by atoms with E-state index in [0.29, 0.717) is 17.5 Å². The summed E-state index contributed by atoms with van der Waals surface area (Å²) in [7, 11) is 0. The van der Waals surface area contributed by atoms with Crippen LogP contribution in [0.15, 0.2) is 55.2 Å². The lowest BCUT2D eigenvalue weighted by molar-refractivity contribution is 0.817. The highest BCUT2D eigenvalue weighted by molar-refractivity contribution is 5.62. The van der Waals surface area contributed by atoms with Gasteiger partial charge in [0.05, 0.1) is 17.6 Å². The van der Waals surface area contributed by atoms with E-state index in [9.17, 15) is 0 Å². The van der Waals surface area contributed by atoms with Gasteiger partial charge in [0.1, 0.15) is 0 Å². The molecule has 0 radical (unpaired) electrons. The molecule has 6 heteroatoms. The first kappa shape index (κ1) is 14.4. The Kier molecular flexibility index (Phi) is 3.49. The lowest BCUT2D eigenvalue weighted by atomic mass is 10.1. The minimum Gasteiger partial charge on any atom is -0.282 e. The van der Waals surface area contributed by atoms with Crippen molar-refractivity contribution in [3.8, 4) is 22.8 Å². The van der Waals surface area contributed by atoms with Crippen LogP contribution in [-0.4, -0.2) is 29.3 Å². The molecule has 0 N–H and O–H groups in total. The van der Waals surface area contributed by atoms with Crippen molar-refractivity contribution in [1.29, 1.82) is 0 Å². The van der Waals surface area contributed by atoms with Gasteiger partial charge in [-0.2, -0.15) is 0 Å². The lowest BCUT2D eigenvalue weighted by Gasteiger charge is -2.06. The molecule has 0 aliphatic heterocycles. The maximum absolute atomic E-state index is 4.67. The zero-order chi connectivity index (χ0) is 16.5. The van der Waals surface area contributed by atoms with E-state index >= 15 is 0 Å². The Morgan fingerprint density at radius 3 is 2.54 bits per heavy atom. The Morgan fingerprint density at radius 2 is 1.75 bits per heavy atom. The van der Waals surface area contributed by atoms with E-state index in [0.717, 1.165) is 22.6 Å². The summed E-state index contributed by atoms with van der Waals surface area (Å²) in [6.45, 7) is 4.24. The van der Waals surface area contributed by atoms with Crippen LogP contribution in [0.1, 0.15) is 25.5 Å². The molecule has 0 aliphatic carbocycles. The fraction of sp³-hybridized carbons (Fsp3) is 0.167. The molecule has 6 nitrogen and oxygen atoms in total. The summed E-state index contributed by atoms with van der Waals surface area (Å²) in [6, 6.07) is 7.69. The first-order valence-corrected chi connectivity index (χ1v) is 7.80. The Bertz CT molecular complexity index is 991. The van der Waals surface area contributed by atoms with Gasteiger partial charge in [-0.3, -0.25) is 9.38 Å². The van der Waals surface area contributed by atoms with Crippen LogP contribution >= 0.6 is 0 Å². The minimum atomic E-state index is 0.368. The van der Waals surface area contributed by atoms with Gasteiger partial charge in [0.25, 0.3) is 0 Å². The van der Waals surface area contributed by atoms with Crippen LogP contribution < -0.4 is 0 Å². The molecule has 0 fully saturated rings. The summed E-state index contributed by atoms with van der Waals surface area (Å²) in [4.78, 5) is 22.1. The zero-order valence-corrected chi connectivity index (χ0v) is 13.5. The quantitative estimate of drug-likeness (QED) is 0.579. The molecule has 0 amide bonds. The van der Waals surface area contributed by atoms with Gasteiger partial charge in [-0.1, -0.05) is 13.8 Å². The van der Waals surface area contributed by atoms with E-state index in [4.69, 9.17) is 0 Å². The molecule has 0 aliphatic rings. The average molecular weight is 316 g/mol. The third-order valence-electron chi connectivity index (χ3n) is 3.85. The number of nitrogens with zero attached hydrogens (tertiary/aromatic N) is 6. The standard InChI is InChI=1S/C18H16N6/c1-12(2)14-6-10-24-16(11-21-18(24)23-14)15-5-9-20-17(22-15)13-3-7-19-8-4-13/h3-12H,1-2H3. The van der Waals surface area contributed by atoms with Gasteiger partial charge in [0.2, 0.25) is 5.78 Å². The van der Waals surface area contributed by atoms with Crippen LogP contribution in [-0.2, 0) is 0 Å². The lowest BCUT2D eigenvalue weighted by Crippen LogP contribution is -1.98. The fourth-order valence-corrected chi connectivity index (χ4v) is 2.54. The monoisotopic (exact) mass is 316 g/mol. The van der Waals surface area contributed by atoms with Crippen molar-refractivity contribution in [3.63, 3.8) is 0 Å². The molecule has 0 aromatic carbocycles. The summed E-state index contributed by atoms with van der Waals surface area (Å²) in [6.07, 6.45) is 9.01. The van der Waals surface area contributed by atoms with Crippen LogP contribution in [0.3, 0.4) is 0 Å². The predicted octanol–water partition coefficient (Wildman–Crippen LogP) is 3.37. The van der Waals surface area contributed by atoms with Gasteiger partial charge < -0.3 is 0 Å². The molecule has 0 atom stereocenters. The first-order chi connectivity index (χ1) is 11.7. The van der Waals surface area contributed by atoms with Gasteiger partial charge in [-0.15, -0.1) is 0 Å². The van der Waals surface area contributed by atoms with E-state index < -0.39 is 0 Å². The number of pyridine rings is 1. The molecule has 0 spiro atoms. The van der Waals surface area contributed by atoms with E-state index in [1.54, 1.807) is 24.8 Å². The van der Waals surface area contributed by atoms with Crippen molar-refractivity contribution >= 4 is 5.78 Å². The molecule has 0 bridgehead atoms. The summed E-state index contributed by atoms with van der Waals surface area (Å²) in [5, 5.41) is 0. The van der Waals surface area contributed by atoms with E-state index in [1.807, 2.05) is 34.9 Å². The van der Waals surface area contributed by atoms with Crippen molar-refractivity contribution < 1.29 is 0 Å². The SMILES string of the molecule is CC(C)c1ccn2c(-c3ccnc(-c4ccncc4)n3)cnc2n1. The molecule has 24 heavy (non-hydrogen) atoms. The zero-order valence-electron chi connectivity index (χ0n) is 13.5. The predicted molar refractivity (Wildman–Crippen MR) is 91.3 cm³/mol. The Hall–Kier alpha value is -3.15. The van der Waals surface area contributed by atoms with Gasteiger partial charge in [-0.05, 0) is 30.2 Å². The van der Waals surface area contributed by atoms with E-state index in [2.05, 4.69) is 38.8 Å². The third-order valence-corrected chi connectivity index (χ3v) is 3.85. The van der Waals surface area contributed by atoms with Gasteiger partial charge in [0, 0.05) is 36.0 Å². The smallest absolute Gasteiger partial charge is 0.234 e. The van der Waals surface area contributed by atoms with Crippen molar-refractivity contribution in [3.05, 3.63) is 60.9 Å². The highest BCUT2D eigenvalue weighted by Gasteiger charge is 2.11. The molecule has 4 aromatic rings. The second kappa shape index (κ2) is 5.81. The Labute approximate surface area is 139 Å². The number of hydrogen-bond donors (Lipinski definition) is 0. The Balaban J connectivity index is 1.81. The maximum Gasteiger partial charge on any atom is 0.234 e. The highest BCUT2D eigenvalue weighted by Crippen LogP contribution is 2.22. The summed E-state index contributed by atoms with van der Waals surface area (Å²) < 4.78 is 1.95. The molecule has 4 heterocycles. The second-order valence-corrected chi connectivity index (χ2v) is 5.82. The van der Waals surface area contributed by atoms with Crippen LogP contribution in [0.5, 0.6) is 0 Å². The minimum absolute atomic E-state index is 0.368. The van der Waals surface area contributed by atoms with Gasteiger partial charge in [-0.25, -0.2) is 19.9 Å². The number of hydrogen-bond acceptors (Lipinski definition) is 5. The molecule has 4 aromatic heterocycles. The summed E-state index contributed by atoms with van der Waals surface area (Å²) >= 11 is 0. The third kappa shape index (κ3) is 2.52. The molecular formula is C18H16N6. The fourth-order valence-electron chi connectivity index (χ4n) is 2.54. The van der Waals surface area contributed by atoms with Gasteiger partial charge in [0.15, 0.2) is 5.82 Å². The van der Waals surface area contributed by atoms with Gasteiger partial charge >= 0.3 is 0 Å². The largest absolute Gasteiger partial charge is 0.282 e. The maximum atomic E-state index is 4.67. The molecule has 0 unspecified atom stereocenters. The van der Waals surface area contributed by atoms with Crippen LogP contribution in [0.25, 0.3) is 28.6 Å². The van der Waals surface area contributed by atoms with Crippen molar-refractivity contribution in [1.82, 2.24) is 29.3 Å². The summed E-state index contributed by atoms with van der Waals surface area (Å²) in [5.41, 5.74) is 3.66. The van der Waals surface area contributed by atoms with Crippen LogP contribution in [0.4, 0.5) is 0 Å². The van der Waals surface area contributed by atoms with Crippen LogP contribution in [0.2, 0.25) is 0 Å². The summed E-state index contributed by atoms with van der Waals surface area (Å²) in [5.74, 6) is 1.71. The normalized spacial score (nSPS) is 11.3. The second-order valence-electron chi connectivity index (χ2n) is 5.82. The number of imidazole rings is 1. The number of rotatable bonds is 3. The molecule has 0 saturated carbocycles. The topological polar surface area (TPSA) is 68.9 Å². The van der Waals surface area contributed by atoms with Crippen LogP contribution in [0, 0.1) is 0 Å². The molecule has 0 saturated heterocycles. The van der Waals surface area contributed by atoms with Crippen molar-refractivity contribution in [2.24, 2.45) is 0 Å². The molecule has 118 valence electrons. The Morgan fingerprint density at radius 1 is 0.917 bits per heavy atom. The molecular weight excluding hydrogens is 300 g/mol. The molecule has 4 rings (SSSR count). The van der Waals surface area contributed by atoms with E-state index in [-0.39, 0.29) is 0 Å². The van der Waals surface area contributed by atoms with Crippen molar-refractivity contribution in [2.45, 2.75) is 19.8 Å². The number of fused-ring (bicyclic) bond motifs is 1. The van der Waals surface area contributed by atoms with E-state index in [1.165, 1.54) is 0 Å². The highest BCUT2D eigenvalue weighted by atomic mass is 15.1. The first-order valence-electron chi connectivity index (χ1n) is 7.80. The number of aromatic nitrogens is 6. The van der Waals surface area contributed by atoms with Crippen molar-refractivity contribution in [2.75, 3.05) is 0 Å². The average Bonchev–Trinajstić information content (AvgIpc) is 3.06.